The van der Waals surface area contributed by atoms with Crippen LogP contribution in [0.3, 0.4) is 0 Å². The predicted octanol–water partition coefficient (Wildman–Crippen LogP) is 10.3. The Kier molecular flexibility index (Phi) is 19.2. The number of fused-ring (bicyclic) bond motifs is 2. The summed E-state index contributed by atoms with van der Waals surface area (Å²) in [6.07, 6.45) is 14.7. The number of nitrogens with one attached hydrogen (secondary N) is 5. The molecule has 2 saturated carbocycles. The summed E-state index contributed by atoms with van der Waals surface area (Å²) in [5, 5.41) is 20.0. The Labute approximate surface area is 546 Å². The topological polar surface area (TPSA) is 285 Å². The molecule has 492 valence electrons. The Morgan fingerprint density at radius 1 is 0.626 bits per heavy atom. The molecule has 2 aromatic carbocycles. The van der Waals surface area contributed by atoms with Gasteiger partial charge in [0, 0.05) is 95.8 Å². The van der Waals surface area contributed by atoms with Gasteiger partial charge < -0.3 is 40.1 Å². The van der Waals surface area contributed by atoms with E-state index in [4.69, 9.17) is 54.4 Å². The van der Waals surface area contributed by atoms with Crippen molar-refractivity contribution in [3.05, 3.63) is 110 Å². The van der Waals surface area contributed by atoms with Crippen LogP contribution in [0.5, 0.6) is 0 Å². The van der Waals surface area contributed by atoms with Crippen molar-refractivity contribution < 1.29 is 45.5 Å². The fourth-order valence-corrected chi connectivity index (χ4v) is 14.1. The van der Waals surface area contributed by atoms with E-state index in [-0.39, 0.29) is 70.0 Å². The van der Waals surface area contributed by atoms with Gasteiger partial charge >= 0.3 is 12.2 Å². The molecule has 5 N–H and O–H groups in total. The van der Waals surface area contributed by atoms with Crippen molar-refractivity contribution in [2.75, 3.05) is 66.1 Å². The molecule has 0 radical (unpaired) electrons. The zero-order valence-corrected chi connectivity index (χ0v) is 56.9. The van der Waals surface area contributed by atoms with E-state index in [1.165, 1.54) is 37.1 Å². The number of alkyl carbamates (subject to hydrolysis) is 2. The highest BCUT2D eigenvalue weighted by Crippen LogP contribution is 2.54. The number of aryl methyl sites for hydroxylation is 2. The molecule has 4 atom stereocenters. The predicted molar refractivity (Wildman–Crippen MR) is 350 cm³/mol. The van der Waals surface area contributed by atoms with E-state index in [2.05, 4.69) is 40.4 Å². The number of hydrogen-bond acceptors (Lipinski definition) is 16. The second-order valence-corrected chi connectivity index (χ2v) is 31.7. The first-order valence-corrected chi connectivity index (χ1v) is 35.6. The molecule has 8 heterocycles. The molecule has 4 saturated heterocycles. The number of likely N-dealkylation sites (tertiary alicyclic amines) is 2. The minimum absolute atomic E-state index is 0.0245. The number of aromatic nitrogens is 6. The van der Waals surface area contributed by atoms with Gasteiger partial charge in [-0.25, -0.2) is 45.4 Å². The van der Waals surface area contributed by atoms with Crippen LogP contribution in [-0.2, 0) is 29.5 Å². The Morgan fingerprint density at radius 2 is 1.09 bits per heavy atom. The Balaban J connectivity index is 0.000000169. The van der Waals surface area contributed by atoms with E-state index < -0.39 is 37.3 Å². The monoisotopic (exact) mass is 1350 g/mol. The van der Waals surface area contributed by atoms with Gasteiger partial charge in [0.15, 0.2) is 11.3 Å². The first-order chi connectivity index (χ1) is 42.6. The smallest absolute Gasteiger partial charge is 0.407 e. The number of nitrogens with zero attached hydrogens (tertiary/aromatic N) is 9. The third kappa shape index (κ3) is 16.4. The van der Waals surface area contributed by atoms with E-state index in [1.807, 2.05) is 73.7 Å². The number of ether oxygens (including phenoxy) is 2. The number of anilines is 3. The molecule has 12 rings (SSSR count). The highest BCUT2D eigenvalue weighted by atomic mass is 35.5. The summed E-state index contributed by atoms with van der Waals surface area (Å²) in [7, 11) is -7.18. The van der Waals surface area contributed by atoms with Crippen molar-refractivity contribution in [2.45, 2.75) is 155 Å². The van der Waals surface area contributed by atoms with Gasteiger partial charge in [0.2, 0.25) is 20.0 Å². The zero-order valence-electron chi connectivity index (χ0n) is 53.0. The number of carbonyl (C=O) groups excluding carboxylic acids is 4. The van der Waals surface area contributed by atoms with Gasteiger partial charge in [-0.15, -0.1) is 0 Å². The minimum atomic E-state index is -3.61. The maximum atomic E-state index is 13.9. The van der Waals surface area contributed by atoms with Crippen LogP contribution in [0.15, 0.2) is 60.9 Å². The molecule has 24 nitrogen and oxygen atoms in total. The first-order valence-electron chi connectivity index (χ1n) is 30.7. The number of hydrogen-bond donors (Lipinski definition) is 5. The fourth-order valence-electron chi connectivity index (χ4n) is 12.5. The largest absolute Gasteiger partial charge is 0.444 e. The van der Waals surface area contributed by atoms with Crippen molar-refractivity contribution in [2.24, 2.45) is 10.8 Å². The summed E-state index contributed by atoms with van der Waals surface area (Å²) in [5.41, 5.74) is 4.62. The van der Waals surface area contributed by atoms with Crippen molar-refractivity contribution in [3.63, 3.8) is 0 Å². The van der Waals surface area contributed by atoms with Crippen LogP contribution in [0.4, 0.5) is 26.8 Å². The highest BCUT2D eigenvalue weighted by molar-refractivity contribution is 7.92. The number of amides is 4. The number of piperidine rings is 2. The molecule has 2 spiro atoms. The second-order valence-electron chi connectivity index (χ2n) is 27.0. The van der Waals surface area contributed by atoms with Crippen molar-refractivity contribution in [3.8, 4) is 0 Å². The molecule has 4 aliphatic heterocycles. The summed E-state index contributed by atoms with van der Waals surface area (Å²) < 4.78 is 66.6. The molecule has 0 unspecified atom stereocenters. The number of rotatable bonds is 11. The lowest BCUT2D eigenvalue weighted by Crippen LogP contribution is -2.44. The summed E-state index contributed by atoms with van der Waals surface area (Å²) in [4.78, 5) is 66.7. The second kappa shape index (κ2) is 26.0. The molecule has 0 bridgehead atoms. The number of benzene rings is 2. The van der Waals surface area contributed by atoms with E-state index in [1.54, 1.807) is 37.2 Å². The first kappa shape index (κ1) is 67.2. The van der Waals surface area contributed by atoms with E-state index in [0.717, 1.165) is 99.7 Å². The number of carbonyl (C=O) groups is 4. The molecule has 6 fully saturated rings. The quantitative estimate of drug-likeness (QED) is 0.0754. The standard InChI is InChI=1S/C31H40ClN7O5S.C20H21Cl2N5O3S.C11H20N2O2/c1-19-16-39-26(34-27(19)37-17-25(31(18-37)11-12-31)33-29(41)44-30(2,3)4)15-23(35-39)24-8-6-7-13-38(24)28(40)21-14-20(32)9-10-22(21)36-45(5,42)43;1-12-11-27-18(23-19(12)22)10-16(24-27)17-5-3-4-8-26(17)20(28)14-9-13(21)6-7-15(14)25-31(2,29)30;1-10(2,3)15-9(14)13-8-6-12-7-11(8)4-5-11/h9-10,14-16,24-25,36H,6-8,11-13,17-18H2,1-5H3,(H,33,41);6-7,9-11,17,25H,3-5,8H2,1-2H3;8,12H,4-7H2,1-3H3,(H,13,14)/t24-,25+;17-;8-/m001/s1. The molecular formula is C62H81Cl3N14O10S2. The Hall–Kier alpha value is -6.71. The van der Waals surface area contributed by atoms with E-state index in [9.17, 15) is 36.0 Å². The normalized spacial score (nSPS) is 21.0. The lowest BCUT2D eigenvalue weighted by Gasteiger charge is -2.35. The van der Waals surface area contributed by atoms with Crippen LogP contribution in [-0.4, -0.2) is 155 Å². The van der Waals surface area contributed by atoms with Crippen LogP contribution in [0, 0.1) is 24.7 Å². The van der Waals surface area contributed by atoms with E-state index in [0.29, 0.717) is 63.7 Å². The summed E-state index contributed by atoms with van der Waals surface area (Å²) >= 11 is 18.5. The van der Waals surface area contributed by atoms with Gasteiger partial charge in [0.05, 0.1) is 70.6 Å². The molecule has 29 heteroatoms. The third-order valence-electron chi connectivity index (χ3n) is 17.1. The SMILES string of the molecule is CC(C)(C)OC(=O)N[C@@H]1CNCC12CC2.Cc1cn2nc([C@@H]3CCCCN3C(=O)c3cc(Cl)ccc3NS(C)(=O)=O)cc2nc1Cl.Cc1cn2nc([C@@H]3CCCCN3C(=O)c3cc(Cl)ccc3NS(C)(=O)=O)cc2nc1N1C[C@@H](NC(=O)OC(C)(C)C)C2(CC2)C1. The lowest BCUT2D eigenvalue weighted by atomic mass is 9.98. The van der Waals surface area contributed by atoms with Gasteiger partial charge in [-0.05, 0) is 156 Å². The van der Waals surface area contributed by atoms with Crippen molar-refractivity contribution in [1.82, 2.24) is 54.9 Å². The Morgan fingerprint density at radius 3 is 1.55 bits per heavy atom. The Bertz CT molecular complexity index is 3970. The van der Waals surface area contributed by atoms with Crippen LogP contribution >= 0.6 is 34.8 Å². The number of sulfonamides is 2. The highest BCUT2D eigenvalue weighted by Gasteiger charge is 2.56. The third-order valence-corrected chi connectivity index (χ3v) is 19.2. The van der Waals surface area contributed by atoms with Gasteiger partial charge in [-0.2, -0.15) is 10.2 Å². The fraction of sp³-hybridized carbons (Fsp3) is 0.548. The van der Waals surface area contributed by atoms with Crippen LogP contribution in [0.2, 0.25) is 15.2 Å². The van der Waals surface area contributed by atoms with Crippen LogP contribution in [0.25, 0.3) is 11.3 Å². The molecule has 4 amide bonds. The van der Waals surface area contributed by atoms with Crippen LogP contribution < -0.4 is 30.3 Å². The van der Waals surface area contributed by atoms with Gasteiger partial charge in [-0.3, -0.25) is 19.0 Å². The van der Waals surface area contributed by atoms with Crippen molar-refractivity contribution >= 4 is 107 Å². The zero-order chi connectivity index (χ0) is 65.8. The van der Waals surface area contributed by atoms with E-state index >= 15 is 0 Å². The average molecular weight is 1350 g/mol. The maximum Gasteiger partial charge on any atom is 0.407 e. The lowest BCUT2D eigenvalue weighted by molar-refractivity contribution is 0.0482. The summed E-state index contributed by atoms with van der Waals surface area (Å²) in [5.74, 6) is 0.226. The van der Waals surface area contributed by atoms with Gasteiger partial charge in [-0.1, -0.05) is 34.8 Å². The average Bonchev–Trinajstić information content (AvgIpc) is 1.60. The maximum absolute atomic E-state index is 13.9. The molecule has 6 aromatic rings. The molecule has 2 aliphatic carbocycles. The number of halogens is 3. The summed E-state index contributed by atoms with van der Waals surface area (Å²) in [6.45, 7) is 19.4. The van der Waals surface area contributed by atoms with Crippen LogP contribution in [0.1, 0.15) is 161 Å². The minimum Gasteiger partial charge on any atom is -0.444 e. The summed E-state index contributed by atoms with van der Waals surface area (Å²) in [6, 6.07) is 12.5. The van der Waals surface area contributed by atoms with Gasteiger partial charge in [0.1, 0.15) is 22.2 Å². The van der Waals surface area contributed by atoms with Crippen molar-refractivity contribution in [1.29, 1.82) is 0 Å². The molecule has 6 aliphatic rings. The molecular weight excluding hydrogens is 1270 g/mol. The molecule has 91 heavy (non-hydrogen) atoms. The molecule has 4 aromatic heterocycles. The van der Waals surface area contributed by atoms with Gasteiger partial charge in [0.25, 0.3) is 11.8 Å².